The van der Waals surface area contributed by atoms with Crippen LogP contribution in [-0.4, -0.2) is 25.0 Å². The van der Waals surface area contributed by atoms with Crippen LogP contribution in [0.5, 0.6) is 11.5 Å². The molecule has 1 aromatic heterocycles. The van der Waals surface area contributed by atoms with E-state index < -0.39 is 17.5 Å². The van der Waals surface area contributed by atoms with Gasteiger partial charge in [0, 0.05) is 18.0 Å². The molecule has 3 aromatic carbocycles. The summed E-state index contributed by atoms with van der Waals surface area (Å²) >= 11 is 0. The van der Waals surface area contributed by atoms with Crippen molar-refractivity contribution in [3.8, 4) is 22.6 Å². The van der Waals surface area contributed by atoms with Gasteiger partial charge < -0.3 is 19.2 Å². The average molecular weight is 472 g/mol. The Morgan fingerprint density at radius 2 is 1.57 bits per heavy atom. The molecule has 178 valence electrons. The van der Waals surface area contributed by atoms with Gasteiger partial charge in [0.15, 0.2) is 6.61 Å². The molecule has 4 aromatic rings. The van der Waals surface area contributed by atoms with Crippen molar-refractivity contribution in [2.75, 3.05) is 13.2 Å². The SMILES string of the molecule is CC(C)CNC(=O)c1cc2ccc(OC(=O)COc3ccc(-c4ccccc4)cc3)cc2oc1=O. The van der Waals surface area contributed by atoms with E-state index >= 15 is 0 Å². The maximum absolute atomic E-state index is 12.3. The van der Waals surface area contributed by atoms with Crippen molar-refractivity contribution in [2.45, 2.75) is 13.8 Å². The van der Waals surface area contributed by atoms with Crippen LogP contribution in [0.1, 0.15) is 24.2 Å². The molecule has 0 atom stereocenters. The van der Waals surface area contributed by atoms with E-state index in [0.717, 1.165) is 11.1 Å². The molecule has 0 radical (unpaired) electrons. The largest absolute Gasteiger partial charge is 0.482 e. The first kappa shape index (κ1) is 23.8. The predicted octanol–water partition coefficient (Wildman–Crippen LogP) is 4.83. The van der Waals surface area contributed by atoms with E-state index in [1.165, 1.54) is 12.1 Å². The standard InChI is InChI=1S/C28H25NO6/c1-18(2)16-29-27(31)24-14-21-10-13-23(15-25(21)35-28(24)32)34-26(30)17-33-22-11-8-20(9-12-22)19-6-4-3-5-7-19/h3-15,18H,16-17H2,1-2H3,(H,29,31). The quantitative estimate of drug-likeness (QED) is 0.225. The fourth-order valence-electron chi connectivity index (χ4n) is 3.38. The van der Waals surface area contributed by atoms with Gasteiger partial charge in [-0.05, 0) is 47.4 Å². The summed E-state index contributed by atoms with van der Waals surface area (Å²) in [5, 5.41) is 3.23. The summed E-state index contributed by atoms with van der Waals surface area (Å²) in [5.74, 6) is -0.108. The van der Waals surface area contributed by atoms with Crippen LogP contribution in [-0.2, 0) is 4.79 Å². The summed E-state index contributed by atoms with van der Waals surface area (Å²) in [4.78, 5) is 36.8. The lowest BCUT2D eigenvalue weighted by molar-refractivity contribution is -0.136. The topological polar surface area (TPSA) is 94.8 Å². The fourth-order valence-corrected chi connectivity index (χ4v) is 3.38. The van der Waals surface area contributed by atoms with Crippen LogP contribution in [0.2, 0.25) is 0 Å². The Bertz CT molecular complexity index is 1390. The van der Waals surface area contributed by atoms with Gasteiger partial charge in [0.1, 0.15) is 22.6 Å². The molecule has 7 nitrogen and oxygen atoms in total. The molecule has 0 unspecified atom stereocenters. The van der Waals surface area contributed by atoms with Gasteiger partial charge in [-0.25, -0.2) is 9.59 Å². The summed E-state index contributed by atoms with van der Waals surface area (Å²) in [6.07, 6.45) is 0. The molecule has 0 fully saturated rings. The maximum atomic E-state index is 12.3. The van der Waals surface area contributed by atoms with E-state index in [1.807, 2.05) is 56.3 Å². The van der Waals surface area contributed by atoms with E-state index in [1.54, 1.807) is 24.3 Å². The van der Waals surface area contributed by atoms with Gasteiger partial charge in [0.25, 0.3) is 5.91 Å². The molecule has 0 saturated carbocycles. The minimum absolute atomic E-state index is 0.0745. The lowest BCUT2D eigenvalue weighted by atomic mass is 10.1. The van der Waals surface area contributed by atoms with Crippen molar-refractivity contribution in [2.24, 2.45) is 5.92 Å². The third kappa shape index (κ3) is 6.14. The minimum Gasteiger partial charge on any atom is -0.482 e. The van der Waals surface area contributed by atoms with Gasteiger partial charge in [-0.3, -0.25) is 4.79 Å². The van der Waals surface area contributed by atoms with Gasteiger partial charge >= 0.3 is 11.6 Å². The third-order valence-electron chi connectivity index (χ3n) is 5.17. The number of rotatable bonds is 8. The summed E-state index contributed by atoms with van der Waals surface area (Å²) in [5.41, 5.74) is 1.50. The molecule has 0 aliphatic rings. The van der Waals surface area contributed by atoms with Crippen molar-refractivity contribution in [1.82, 2.24) is 5.32 Å². The van der Waals surface area contributed by atoms with Gasteiger partial charge in [0.05, 0.1) is 0 Å². The fraction of sp³-hybridized carbons (Fsp3) is 0.179. The zero-order chi connectivity index (χ0) is 24.8. The van der Waals surface area contributed by atoms with E-state index in [4.69, 9.17) is 13.9 Å². The molecule has 0 aliphatic heterocycles. The number of nitrogens with one attached hydrogen (secondary N) is 1. The second kappa shape index (κ2) is 10.7. The number of hydrogen-bond donors (Lipinski definition) is 1. The minimum atomic E-state index is -0.760. The molecule has 0 bridgehead atoms. The number of fused-ring (bicyclic) bond motifs is 1. The first-order chi connectivity index (χ1) is 16.9. The van der Waals surface area contributed by atoms with Crippen molar-refractivity contribution in [3.05, 3.63) is 94.8 Å². The molecule has 1 heterocycles. The number of amides is 1. The van der Waals surface area contributed by atoms with Gasteiger partial charge in [0.2, 0.25) is 0 Å². The van der Waals surface area contributed by atoms with Gasteiger partial charge in [-0.1, -0.05) is 56.3 Å². The number of carbonyl (C=O) groups excluding carboxylic acids is 2. The number of ether oxygens (including phenoxy) is 2. The molecular formula is C28H25NO6. The summed E-state index contributed by atoms with van der Waals surface area (Å²) in [7, 11) is 0. The Morgan fingerprint density at radius 1 is 0.886 bits per heavy atom. The van der Waals surface area contributed by atoms with Crippen molar-refractivity contribution in [1.29, 1.82) is 0 Å². The molecule has 0 saturated heterocycles. The Balaban J connectivity index is 1.37. The second-order valence-corrected chi connectivity index (χ2v) is 8.40. The zero-order valence-electron chi connectivity index (χ0n) is 19.4. The first-order valence-corrected chi connectivity index (χ1v) is 11.2. The van der Waals surface area contributed by atoms with Crippen molar-refractivity contribution >= 4 is 22.8 Å². The Kier molecular flexibility index (Phi) is 7.26. The van der Waals surface area contributed by atoms with Crippen molar-refractivity contribution < 1.29 is 23.5 Å². The van der Waals surface area contributed by atoms with Crippen LogP contribution in [0.15, 0.2) is 88.1 Å². The average Bonchev–Trinajstić information content (AvgIpc) is 2.86. The lowest BCUT2D eigenvalue weighted by Crippen LogP contribution is -2.31. The van der Waals surface area contributed by atoms with Crippen molar-refractivity contribution in [3.63, 3.8) is 0 Å². The monoisotopic (exact) mass is 471 g/mol. The van der Waals surface area contributed by atoms with Gasteiger partial charge in [-0.2, -0.15) is 0 Å². The second-order valence-electron chi connectivity index (χ2n) is 8.40. The maximum Gasteiger partial charge on any atom is 0.349 e. The Morgan fingerprint density at radius 3 is 2.29 bits per heavy atom. The predicted molar refractivity (Wildman–Crippen MR) is 133 cm³/mol. The van der Waals surface area contributed by atoms with Crippen LogP contribution in [0, 0.1) is 5.92 Å². The third-order valence-corrected chi connectivity index (χ3v) is 5.17. The smallest absolute Gasteiger partial charge is 0.349 e. The van der Waals surface area contributed by atoms with Crippen LogP contribution in [0.4, 0.5) is 0 Å². The number of hydrogen-bond acceptors (Lipinski definition) is 6. The summed E-state index contributed by atoms with van der Waals surface area (Å²) in [6.45, 7) is 4.07. The molecule has 1 amide bonds. The van der Waals surface area contributed by atoms with Crippen LogP contribution in [0.3, 0.4) is 0 Å². The summed E-state index contributed by atoms with van der Waals surface area (Å²) < 4.78 is 16.1. The van der Waals surface area contributed by atoms with Crippen LogP contribution in [0.25, 0.3) is 22.1 Å². The van der Waals surface area contributed by atoms with Gasteiger partial charge in [-0.15, -0.1) is 0 Å². The van der Waals surface area contributed by atoms with Crippen LogP contribution < -0.4 is 20.4 Å². The molecule has 4 rings (SSSR count). The summed E-state index contributed by atoms with van der Waals surface area (Å²) in [6, 6.07) is 23.4. The Labute approximate surface area is 202 Å². The molecular weight excluding hydrogens is 446 g/mol. The Hall–Kier alpha value is -4.39. The highest BCUT2D eigenvalue weighted by Crippen LogP contribution is 2.23. The number of esters is 1. The lowest BCUT2D eigenvalue weighted by Gasteiger charge is -2.09. The number of carbonyl (C=O) groups is 2. The molecule has 7 heteroatoms. The highest BCUT2D eigenvalue weighted by Gasteiger charge is 2.15. The van der Waals surface area contributed by atoms with Crippen LogP contribution >= 0.6 is 0 Å². The van der Waals surface area contributed by atoms with E-state index in [9.17, 15) is 14.4 Å². The highest BCUT2D eigenvalue weighted by atomic mass is 16.6. The highest BCUT2D eigenvalue weighted by molar-refractivity contribution is 5.96. The van der Waals surface area contributed by atoms with E-state index in [-0.39, 0.29) is 29.4 Å². The molecule has 1 N–H and O–H groups in total. The molecule has 35 heavy (non-hydrogen) atoms. The van der Waals surface area contributed by atoms with E-state index in [2.05, 4.69) is 5.32 Å². The normalized spacial score (nSPS) is 10.8. The molecule has 0 spiro atoms. The molecule has 0 aliphatic carbocycles. The van der Waals surface area contributed by atoms with E-state index in [0.29, 0.717) is 17.7 Å². The first-order valence-electron chi connectivity index (χ1n) is 11.2. The zero-order valence-corrected chi connectivity index (χ0v) is 19.4. The number of benzene rings is 3.